The van der Waals surface area contributed by atoms with Crippen molar-refractivity contribution in [2.24, 2.45) is 0 Å². The van der Waals surface area contributed by atoms with Gasteiger partial charge in [0.15, 0.2) is 10.9 Å². The van der Waals surface area contributed by atoms with Crippen LogP contribution in [0.25, 0.3) is 10.9 Å². The van der Waals surface area contributed by atoms with Crippen molar-refractivity contribution in [3.05, 3.63) is 69.5 Å². The summed E-state index contributed by atoms with van der Waals surface area (Å²) < 4.78 is 1.70. The van der Waals surface area contributed by atoms with Gasteiger partial charge >= 0.3 is 0 Å². The predicted octanol–water partition coefficient (Wildman–Crippen LogP) is 5.00. The first-order valence-corrected chi connectivity index (χ1v) is 9.80. The van der Waals surface area contributed by atoms with Crippen LogP contribution in [0.15, 0.2) is 58.5 Å². The molecule has 4 nitrogen and oxygen atoms in total. The van der Waals surface area contributed by atoms with Crippen LogP contribution >= 0.6 is 23.4 Å². The lowest BCUT2D eigenvalue weighted by Gasteiger charge is -2.18. The van der Waals surface area contributed by atoms with Gasteiger partial charge < -0.3 is 0 Å². The van der Waals surface area contributed by atoms with E-state index in [2.05, 4.69) is 4.98 Å². The summed E-state index contributed by atoms with van der Waals surface area (Å²) in [6.07, 6.45) is 0.804. The monoisotopic (exact) mass is 386 g/mol. The maximum Gasteiger partial charge on any atom is 0.262 e. The minimum Gasteiger partial charge on any atom is -0.293 e. The molecule has 0 aliphatic heterocycles. The number of halogens is 1. The minimum absolute atomic E-state index is 0.00717. The molecule has 0 N–H and O–H groups in total. The molecule has 1 atom stereocenters. The smallest absolute Gasteiger partial charge is 0.262 e. The van der Waals surface area contributed by atoms with Crippen LogP contribution in [0.2, 0.25) is 5.02 Å². The number of Topliss-reactive ketones (excluding diaryl/α,β-unsaturated/α-hetero) is 1. The SMILES string of the molecule is CC[C@H](C)n1c(SCC(=O)c2ccc(Cl)cc2)nc2ccccc2c1=O. The number of para-hydroxylation sites is 1. The molecule has 0 aliphatic rings. The van der Waals surface area contributed by atoms with Crippen molar-refractivity contribution in [2.45, 2.75) is 31.5 Å². The summed E-state index contributed by atoms with van der Waals surface area (Å²) in [5.41, 5.74) is 1.19. The number of benzene rings is 2. The van der Waals surface area contributed by atoms with Gasteiger partial charge in [-0.1, -0.05) is 42.4 Å². The zero-order chi connectivity index (χ0) is 18.7. The number of nitrogens with zero attached hydrogens (tertiary/aromatic N) is 2. The maximum absolute atomic E-state index is 12.9. The lowest BCUT2D eigenvalue weighted by Crippen LogP contribution is -2.26. The van der Waals surface area contributed by atoms with E-state index in [9.17, 15) is 9.59 Å². The summed E-state index contributed by atoms with van der Waals surface area (Å²) in [5.74, 6) is 0.188. The Balaban J connectivity index is 1.94. The number of aromatic nitrogens is 2. The van der Waals surface area contributed by atoms with E-state index in [0.29, 0.717) is 26.6 Å². The lowest BCUT2D eigenvalue weighted by molar-refractivity contribution is 0.102. The molecule has 134 valence electrons. The second-order valence-electron chi connectivity index (χ2n) is 6.06. The molecular formula is C20H19ClN2O2S. The van der Waals surface area contributed by atoms with E-state index in [-0.39, 0.29) is 23.1 Å². The zero-order valence-electron chi connectivity index (χ0n) is 14.6. The summed E-state index contributed by atoms with van der Waals surface area (Å²) in [7, 11) is 0. The van der Waals surface area contributed by atoms with Crippen LogP contribution in [0.4, 0.5) is 0 Å². The van der Waals surface area contributed by atoms with Crippen LogP contribution < -0.4 is 5.56 Å². The van der Waals surface area contributed by atoms with E-state index < -0.39 is 0 Å². The predicted molar refractivity (Wildman–Crippen MR) is 108 cm³/mol. The molecule has 0 amide bonds. The zero-order valence-corrected chi connectivity index (χ0v) is 16.2. The molecule has 0 fully saturated rings. The summed E-state index contributed by atoms with van der Waals surface area (Å²) >= 11 is 7.17. The van der Waals surface area contributed by atoms with Crippen molar-refractivity contribution in [1.82, 2.24) is 9.55 Å². The topological polar surface area (TPSA) is 52.0 Å². The van der Waals surface area contributed by atoms with Crippen LogP contribution in [0, 0.1) is 0 Å². The van der Waals surface area contributed by atoms with Crippen molar-refractivity contribution < 1.29 is 4.79 Å². The molecule has 2 aromatic carbocycles. The van der Waals surface area contributed by atoms with Crippen LogP contribution in [0.3, 0.4) is 0 Å². The molecule has 0 radical (unpaired) electrons. The van der Waals surface area contributed by atoms with Crippen molar-refractivity contribution >= 4 is 40.0 Å². The Bertz CT molecular complexity index is 999. The first-order valence-electron chi connectivity index (χ1n) is 8.44. The third kappa shape index (κ3) is 3.84. The van der Waals surface area contributed by atoms with Gasteiger partial charge in [0.2, 0.25) is 0 Å². The number of carbonyl (C=O) groups excluding carboxylic acids is 1. The number of rotatable bonds is 6. The Morgan fingerprint density at radius 3 is 2.58 bits per heavy atom. The van der Waals surface area contributed by atoms with Gasteiger partial charge in [0.05, 0.1) is 16.7 Å². The molecular weight excluding hydrogens is 368 g/mol. The second-order valence-corrected chi connectivity index (χ2v) is 7.44. The molecule has 0 saturated heterocycles. The molecule has 0 aliphatic carbocycles. The fraction of sp³-hybridized carbons (Fsp3) is 0.250. The van der Waals surface area contributed by atoms with Crippen LogP contribution in [-0.4, -0.2) is 21.1 Å². The lowest BCUT2D eigenvalue weighted by atomic mass is 10.1. The molecule has 1 aromatic heterocycles. The second kappa shape index (κ2) is 8.06. The first kappa shape index (κ1) is 18.7. The number of thioether (sulfide) groups is 1. The van der Waals surface area contributed by atoms with E-state index in [4.69, 9.17) is 11.6 Å². The number of carbonyl (C=O) groups is 1. The first-order chi connectivity index (χ1) is 12.5. The maximum atomic E-state index is 12.9. The number of hydrogen-bond donors (Lipinski definition) is 0. The Labute approximate surface area is 161 Å². The van der Waals surface area contributed by atoms with Gasteiger partial charge in [-0.15, -0.1) is 0 Å². The summed E-state index contributed by atoms with van der Waals surface area (Å²) in [6.45, 7) is 4.02. The minimum atomic E-state index is -0.0635. The highest BCUT2D eigenvalue weighted by atomic mass is 35.5. The van der Waals surface area contributed by atoms with E-state index >= 15 is 0 Å². The van der Waals surface area contributed by atoms with E-state index in [1.165, 1.54) is 11.8 Å². The fourth-order valence-electron chi connectivity index (χ4n) is 2.65. The molecule has 6 heteroatoms. The van der Waals surface area contributed by atoms with Gasteiger partial charge in [-0.05, 0) is 49.7 Å². The number of fused-ring (bicyclic) bond motifs is 1. The van der Waals surface area contributed by atoms with Gasteiger partial charge in [0.1, 0.15) is 0 Å². The molecule has 0 bridgehead atoms. The molecule has 0 spiro atoms. The van der Waals surface area contributed by atoms with Gasteiger partial charge in [-0.2, -0.15) is 0 Å². The quantitative estimate of drug-likeness (QED) is 0.340. The van der Waals surface area contributed by atoms with Crippen molar-refractivity contribution in [3.8, 4) is 0 Å². The highest BCUT2D eigenvalue weighted by Crippen LogP contribution is 2.23. The Hall–Kier alpha value is -2.11. The molecule has 3 aromatic rings. The van der Waals surface area contributed by atoms with Crippen LogP contribution in [-0.2, 0) is 0 Å². The van der Waals surface area contributed by atoms with Crippen molar-refractivity contribution in [3.63, 3.8) is 0 Å². The molecule has 26 heavy (non-hydrogen) atoms. The summed E-state index contributed by atoms with van der Waals surface area (Å²) in [4.78, 5) is 30.0. The van der Waals surface area contributed by atoms with E-state index in [0.717, 1.165) is 6.42 Å². The number of hydrogen-bond acceptors (Lipinski definition) is 4. The summed E-state index contributed by atoms with van der Waals surface area (Å²) in [5, 5.41) is 1.77. The normalized spacial score (nSPS) is 12.3. The molecule has 1 heterocycles. The van der Waals surface area contributed by atoms with Gasteiger partial charge in [0.25, 0.3) is 5.56 Å². The van der Waals surface area contributed by atoms with Crippen LogP contribution in [0.5, 0.6) is 0 Å². The Kier molecular flexibility index (Phi) is 5.79. The highest BCUT2D eigenvalue weighted by molar-refractivity contribution is 7.99. The van der Waals surface area contributed by atoms with Crippen molar-refractivity contribution in [1.29, 1.82) is 0 Å². The standard InChI is InChI=1S/C20H19ClN2O2S/c1-3-13(2)23-19(25)16-6-4-5-7-17(16)22-20(23)26-12-18(24)14-8-10-15(21)11-9-14/h4-11,13H,3,12H2,1-2H3/t13-/m0/s1. The Morgan fingerprint density at radius 2 is 1.88 bits per heavy atom. The van der Waals surface area contributed by atoms with Gasteiger partial charge in [-0.3, -0.25) is 14.2 Å². The van der Waals surface area contributed by atoms with Crippen LogP contribution in [0.1, 0.15) is 36.7 Å². The molecule has 0 unspecified atom stereocenters. The highest BCUT2D eigenvalue weighted by Gasteiger charge is 2.17. The fourth-order valence-corrected chi connectivity index (χ4v) is 3.77. The van der Waals surface area contributed by atoms with Crippen molar-refractivity contribution in [2.75, 3.05) is 5.75 Å². The third-order valence-electron chi connectivity index (χ3n) is 4.31. The Morgan fingerprint density at radius 1 is 1.19 bits per heavy atom. The van der Waals surface area contributed by atoms with Gasteiger partial charge in [-0.25, -0.2) is 4.98 Å². The average molecular weight is 387 g/mol. The third-order valence-corrected chi connectivity index (χ3v) is 5.51. The largest absolute Gasteiger partial charge is 0.293 e. The molecule has 3 rings (SSSR count). The van der Waals surface area contributed by atoms with E-state index in [1.807, 2.05) is 32.0 Å². The average Bonchev–Trinajstić information content (AvgIpc) is 2.66. The number of ketones is 1. The van der Waals surface area contributed by atoms with Gasteiger partial charge in [0, 0.05) is 16.6 Å². The van der Waals surface area contributed by atoms with E-state index in [1.54, 1.807) is 34.9 Å². The molecule has 0 saturated carbocycles. The summed E-state index contributed by atoms with van der Waals surface area (Å²) in [6, 6.07) is 14.1.